The first-order valence-corrected chi connectivity index (χ1v) is 10.2. The lowest BCUT2D eigenvalue weighted by Gasteiger charge is -2.11. The van der Waals surface area contributed by atoms with Crippen LogP contribution in [0.15, 0.2) is 67.4 Å². The third-order valence-electron chi connectivity index (χ3n) is 5.15. The first kappa shape index (κ1) is 19.2. The Morgan fingerprint density at radius 2 is 1.84 bits per heavy atom. The number of imidazole rings is 1. The Labute approximate surface area is 179 Å². The SMILES string of the molecule is CN(C)CCCOc1ccc(-c2ccc3ncc4nnc(-n5ccnc5)n4c3c2)cc1. The highest BCUT2D eigenvalue weighted by atomic mass is 16.5. The molecular formula is C23H23N7O. The molecular weight excluding hydrogens is 390 g/mol. The van der Waals surface area contributed by atoms with Gasteiger partial charge in [-0.2, -0.15) is 0 Å². The molecule has 31 heavy (non-hydrogen) atoms. The Hall–Kier alpha value is -3.78. The summed E-state index contributed by atoms with van der Waals surface area (Å²) in [5.74, 6) is 1.56. The van der Waals surface area contributed by atoms with Gasteiger partial charge in [0, 0.05) is 18.9 Å². The highest BCUT2D eigenvalue weighted by molar-refractivity contribution is 5.84. The minimum absolute atomic E-state index is 0.679. The quantitative estimate of drug-likeness (QED) is 0.381. The predicted molar refractivity (Wildman–Crippen MR) is 120 cm³/mol. The minimum Gasteiger partial charge on any atom is -0.494 e. The van der Waals surface area contributed by atoms with E-state index in [1.54, 1.807) is 18.7 Å². The zero-order chi connectivity index (χ0) is 21.2. The van der Waals surface area contributed by atoms with E-state index < -0.39 is 0 Å². The summed E-state index contributed by atoms with van der Waals surface area (Å²) in [4.78, 5) is 10.8. The van der Waals surface area contributed by atoms with Gasteiger partial charge in [0.1, 0.15) is 12.1 Å². The molecule has 0 aliphatic carbocycles. The molecule has 5 aromatic rings. The number of ether oxygens (including phenoxy) is 1. The van der Waals surface area contributed by atoms with Gasteiger partial charge in [0.25, 0.3) is 0 Å². The molecule has 0 radical (unpaired) electrons. The van der Waals surface area contributed by atoms with Gasteiger partial charge in [0.05, 0.1) is 23.8 Å². The zero-order valence-electron chi connectivity index (χ0n) is 17.5. The van der Waals surface area contributed by atoms with E-state index in [-0.39, 0.29) is 0 Å². The van der Waals surface area contributed by atoms with Crippen molar-refractivity contribution in [2.75, 3.05) is 27.2 Å². The summed E-state index contributed by atoms with van der Waals surface area (Å²) in [7, 11) is 4.14. The Morgan fingerprint density at radius 1 is 1.00 bits per heavy atom. The van der Waals surface area contributed by atoms with Crippen molar-refractivity contribution in [2.24, 2.45) is 0 Å². The summed E-state index contributed by atoms with van der Waals surface area (Å²) in [5.41, 5.74) is 4.70. The van der Waals surface area contributed by atoms with E-state index in [0.717, 1.165) is 40.9 Å². The maximum Gasteiger partial charge on any atom is 0.241 e. The molecule has 2 aromatic carbocycles. The molecule has 0 saturated heterocycles. The summed E-state index contributed by atoms with van der Waals surface area (Å²) < 4.78 is 9.69. The highest BCUT2D eigenvalue weighted by Crippen LogP contribution is 2.27. The summed E-state index contributed by atoms with van der Waals surface area (Å²) in [6.45, 7) is 1.73. The van der Waals surface area contributed by atoms with Gasteiger partial charge in [-0.15, -0.1) is 10.2 Å². The Balaban J connectivity index is 1.47. The molecule has 0 amide bonds. The Kier molecular flexibility index (Phi) is 5.05. The van der Waals surface area contributed by atoms with Crippen molar-refractivity contribution in [1.29, 1.82) is 0 Å². The number of hydrogen-bond acceptors (Lipinski definition) is 6. The van der Waals surface area contributed by atoms with Gasteiger partial charge < -0.3 is 9.64 Å². The number of aromatic nitrogens is 6. The van der Waals surface area contributed by atoms with Crippen molar-refractivity contribution < 1.29 is 4.74 Å². The fourth-order valence-corrected chi connectivity index (χ4v) is 3.58. The summed E-state index contributed by atoms with van der Waals surface area (Å²) in [6, 6.07) is 14.4. The van der Waals surface area contributed by atoms with Crippen molar-refractivity contribution in [3.63, 3.8) is 0 Å². The molecule has 0 unspecified atom stereocenters. The average molecular weight is 413 g/mol. The normalized spacial score (nSPS) is 11.6. The van der Waals surface area contributed by atoms with E-state index in [2.05, 4.69) is 63.4 Å². The second-order valence-corrected chi connectivity index (χ2v) is 7.65. The molecule has 0 fully saturated rings. The molecule has 3 heterocycles. The van der Waals surface area contributed by atoms with Crippen LogP contribution < -0.4 is 4.74 Å². The van der Waals surface area contributed by atoms with E-state index in [1.807, 2.05) is 33.4 Å². The second kappa shape index (κ2) is 8.16. The van der Waals surface area contributed by atoms with Crippen LogP contribution in [0, 0.1) is 0 Å². The van der Waals surface area contributed by atoms with Gasteiger partial charge in [0.2, 0.25) is 5.95 Å². The molecule has 0 aliphatic rings. The molecule has 0 bridgehead atoms. The Bertz CT molecular complexity index is 1310. The molecule has 0 atom stereocenters. The lowest BCUT2D eigenvalue weighted by atomic mass is 10.0. The Morgan fingerprint density at radius 3 is 2.61 bits per heavy atom. The number of hydrogen-bond donors (Lipinski definition) is 0. The first-order valence-electron chi connectivity index (χ1n) is 10.2. The molecule has 156 valence electrons. The highest BCUT2D eigenvalue weighted by Gasteiger charge is 2.12. The van der Waals surface area contributed by atoms with Crippen LogP contribution in [-0.2, 0) is 0 Å². The monoisotopic (exact) mass is 413 g/mol. The summed E-state index contributed by atoms with van der Waals surface area (Å²) in [5, 5.41) is 8.59. The van der Waals surface area contributed by atoms with Gasteiger partial charge in [-0.3, -0.25) is 14.0 Å². The predicted octanol–water partition coefficient (Wildman–Crippen LogP) is 3.46. The standard InChI is InChI=1S/C23H23N7O/c1-28(2)11-3-13-31-19-7-4-17(5-8-19)18-6-9-20-21(14-18)30-22(15-25-20)26-27-23(30)29-12-10-24-16-29/h4-10,12,14-16H,3,11,13H2,1-2H3. The average Bonchev–Trinajstić information content (AvgIpc) is 3.46. The molecule has 8 nitrogen and oxygen atoms in total. The molecule has 0 aliphatic heterocycles. The van der Waals surface area contributed by atoms with Crippen LogP contribution in [0.3, 0.4) is 0 Å². The second-order valence-electron chi connectivity index (χ2n) is 7.65. The third kappa shape index (κ3) is 3.85. The zero-order valence-corrected chi connectivity index (χ0v) is 17.5. The van der Waals surface area contributed by atoms with Crippen LogP contribution in [-0.4, -0.2) is 61.3 Å². The summed E-state index contributed by atoms with van der Waals surface area (Å²) in [6.07, 6.45) is 8.02. The fraction of sp³-hybridized carbons (Fsp3) is 0.217. The molecule has 8 heteroatoms. The summed E-state index contributed by atoms with van der Waals surface area (Å²) >= 11 is 0. The fourth-order valence-electron chi connectivity index (χ4n) is 3.58. The van der Waals surface area contributed by atoms with Gasteiger partial charge in [-0.05, 0) is 55.9 Å². The van der Waals surface area contributed by atoms with Crippen molar-refractivity contribution in [1.82, 2.24) is 34.0 Å². The van der Waals surface area contributed by atoms with Gasteiger partial charge in [-0.1, -0.05) is 18.2 Å². The number of benzene rings is 2. The van der Waals surface area contributed by atoms with Gasteiger partial charge in [0.15, 0.2) is 5.65 Å². The maximum absolute atomic E-state index is 5.86. The molecule has 0 N–H and O–H groups in total. The van der Waals surface area contributed by atoms with Crippen molar-refractivity contribution in [2.45, 2.75) is 6.42 Å². The van der Waals surface area contributed by atoms with Crippen molar-refractivity contribution >= 4 is 16.7 Å². The topological polar surface area (TPSA) is 73.4 Å². The minimum atomic E-state index is 0.679. The maximum atomic E-state index is 5.86. The van der Waals surface area contributed by atoms with E-state index in [0.29, 0.717) is 18.2 Å². The van der Waals surface area contributed by atoms with E-state index in [4.69, 9.17) is 4.74 Å². The number of rotatable bonds is 7. The van der Waals surface area contributed by atoms with E-state index in [1.165, 1.54) is 0 Å². The van der Waals surface area contributed by atoms with Gasteiger partial charge >= 0.3 is 0 Å². The molecule has 5 rings (SSSR count). The van der Waals surface area contributed by atoms with Crippen LogP contribution in [0.1, 0.15) is 6.42 Å². The van der Waals surface area contributed by atoms with Crippen LogP contribution >= 0.6 is 0 Å². The largest absolute Gasteiger partial charge is 0.494 e. The van der Waals surface area contributed by atoms with Crippen LogP contribution in [0.5, 0.6) is 5.75 Å². The number of nitrogens with zero attached hydrogens (tertiary/aromatic N) is 7. The van der Waals surface area contributed by atoms with Crippen LogP contribution in [0.4, 0.5) is 0 Å². The third-order valence-corrected chi connectivity index (χ3v) is 5.15. The lowest BCUT2D eigenvalue weighted by Crippen LogP contribution is -2.15. The van der Waals surface area contributed by atoms with Gasteiger partial charge in [-0.25, -0.2) is 4.98 Å². The van der Waals surface area contributed by atoms with Crippen LogP contribution in [0.2, 0.25) is 0 Å². The molecule has 0 saturated carbocycles. The van der Waals surface area contributed by atoms with E-state index in [9.17, 15) is 0 Å². The lowest BCUT2D eigenvalue weighted by molar-refractivity contribution is 0.281. The van der Waals surface area contributed by atoms with Crippen LogP contribution in [0.25, 0.3) is 33.8 Å². The molecule has 0 spiro atoms. The van der Waals surface area contributed by atoms with E-state index >= 15 is 0 Å². The first-order chi connectivity index (χ1) is 15.2. The van der Waals surface area contributed by atoms with Crippen molar-refractivity contribution in [3.05, 3.63) is 67.4 Å². The number of fused-ring (bicyclic) bond motifs is 3. The molecule has 3 aromatic heterocycles. The van der Waals surface area contributed by atoms with Crippen molar-refractivity contribution in [3.8, 4) is 22.8 Å². The smallest absolute Gasteiger partial charge is 0.241 e.